The summed E-state index contributed by atoms with van der Waals surface area (Å²) in [5.41, 5.74) is -4.90. The zero-order chi connectivity index (χ0) is 32.8. The van der Waals surface area contributed by atoms with Crippen LogP contribution in [0.3, 0.4) is 0 Å². The van der Waals surface area contributed by atoms with Gasteiger partial charge < -0.3 is 28.8 Å². The first-order chi connectivity index (χ1) is 21.1. The number of rotatable bonds is 7. The van der Waals surface area contributed by atoms with E-state index in [1.807, 2.05) is 44.2 Å². The zero-order valence-electron chi connectivity index (χ0n) is 26.4. The molecule has 10 nitrogen and oxygen atoms in total. The van der Waals surface area contributed by atoms with Crippen LogP contribution in [0.5, 0.6) is 0 Å². The van der Waals surface area contributed by atoms with Crippen molar-refractivity contribution >= 4 is 30.0 Å². The summed E-state index contributed by atoms with van der Waals surface area (Å²) in [6.07, 6.45) is -1.84. The third-order valence-electron chi connectivity index (χ3n) is 9.86. The van der Waals surface area contributed by atoms with Gasteiger partial charge in [-0.2, -0.15) is 0 Å². The molecule has 3 aliphatic rings. The molecule has 2 saturated carbocycles. The Morgan fingerprint density at radius 3 is 2.02 bits per heavy atom. The molecular formula is C35H40O10. The standard InChI is InChI=1S/C35H40O10/c1-21(36)41-28-29(44-31(39)24-15-11-8-12-16-24)33(5)26(43-27(38)18-17-23-13-9-7-10-14-23)19-25-20-35(33,45-32(25,3)4)34(6,40)30(28)42-22(2)37/h7-18,25-26,28-30,40H,19-20H2,1-6H3. The van der Waals surface area contributed by atoms with E-state index in [2.05, 4.69) is 0 Å². The maximum absolute atomic E-state index is 13.7. The molecule has 2 bridgehead atoms. The van der Waals surface area contributed by atoms with Crippen LogP contribution in [0.15, 0.2) is 66.7 Å². The molecule has 0 radical (unpaired) electrons. The summed E-state index contributed by atoms with van der Waals surface area (Å²) in [4.78, 5) is 52.1. The Bertz CT molecular complexity index is 1480. The monoisotopic (exact) mass is 620 g/mol. The topological polar surface area (TPSA) is 135 Å². The van der Waals surface area contributed by atoms with Crippen molar-refractivity contribution in [3.8, 4) is 0 Å². The van der Waals surface area contributed by atoms with E-state index in [1.54, 1.807) is 43.3 Å². The first-order valence-corrected chi connectivity index (χ1v) is 15.1. The highest BCUT2D eigenvalue weighted by atomic mass is 16.6. The Labute approximate surface area is 262 Å². The van der Waals surface area contributed by atoms with Crippen molar-refractivity contribution in [1.82, 2.24) is 0 Å². The van der Waals surface area contributed by atoms with E-state index in [0.29, 0.717) is 6.42 Å². The fourth-order valence-corrected chi connectivity index (χ4v) is 7.65. The van der Waals surface area contributed by atoms with Gasteiger partial charge in [-0.25, -0.2) is 9.59 Å². The molecule has 8 atom stereocenters. The van der Waals surface area contributed by atoms with Crippen LogP contribution < -0.4 is 0 Å². The van der Waals surface area contributed by atoms with Gasteiger partial charge in [0.05, 0.1) is 16.6 Å². The summed E-state index contributed by atoms with van der Waals surface area (Å²) >= 11 is 0. The quantitative estimate of drug-likeness (QED) is 0.269. The number of aliphatic hydroxyl groups is 1. The van der Waals surface area contributed by atoms with Crippen molar-refractivity contribution in [2.24, 2.45) is 11.3 Å². The van der Waals surface area contributed by atoms with Crippen molar-refractivity contribution < 1.29 is 48.0 Å². The number of esters is 4. The maximum atomic E-state index is 13.7. The molecule has 8 unspecified atom stereocenters. The van der Waals surface area contributed by atoms with Crippen LogP contribution in [0.1, 0.15) is 70.3 Å². The Morgan fingerprint density at radius 1 is 0.822 bits per heavy atom. The van der Waals surface area contributed by atoms with E-state index in [0.717, 1.165) is 5.56 Å². The fraction of sp³-hybridized carbons (Fsp3) is 0.486. The molecule has 3 fully saturated rings. The number of hydrogen-bond donors (Lipinski definition) is 1. The first-order valence-electron chi connectivity index (χ1n) is 15.1. The maximum Gasteiger partial charge on any atom is 0.338 e. The van der Waals surface area contributed by atoms with E-state index >= 15 is 0 Å². The van der Waals surface area contributed by atoms with Gasteiger partial charge in [-0.05, 0) is 70.2 Å². The van der Waals surface area contributed by atoms with Gasteiger partial charge in [0.25, 0.3) is 0 Å². The summed E-state index contributed by atoms with van der Waals surface area (Å²) in [7, 11) is 0. The molecule has 10 heteroatoms. The lowest BCUT2D eigenvalue weighted by molar-refractivity contribution is -0.352. The van der Waals surface area contributed by atoms with Gasteiger partial charge in [-0.3, -0.25) is 9.59 Å². The van der Waals surface area contributed by atoms with E-state index in [-0.39, 0.29) is 17.9 Å². The largest absolute Gasteiger partial charge is 0.458 e. The van der Waals surface area contributed by atoms with Crippen molar-refractivity contribution in [2.75, 3.05) is 0 Å². The molecule has 240 valence electrons. The molecular weight excluding hydrogens is 580 g/mol. The molecule has 5 rings (SSSR count). The summed E-state index contributed by atoms with van der Waals surface area (Å²) in [5, 5.41) is 12.5. The van der Waals surface area contributed by atoms with Gasteiger partial charge in [-0.15, -0.1) is 0 Å². The molecule has 1 aliphatic heterocycles. The number of fused-ring (bicyclic) bond motifs is 1. The lowest BCUT2D eigenvalue weighted by Crippen LogP contribution is -2.82. The van der Waals surface area contributed by atoms with E-state index in [9.17, 15) is 24.3 Å². The van der Waals surface area contributed by atoms with Crippen LogP contribution >= 0.6 is 0 Å². The van der Waals surface area contributed by atoms with Gasteiger partial charge in [0.1, 0.15) is 17.3 Å². The average molecular weight is 621 g/mol. The van der Waals surface area contributed by atoms with Crippen LogP contribution in [-0.2, 0) is 38.1 Å². The highest BCUT2D eigenvalue weighted by Crippen LogP contribution is 2.68. The molecule has 1 N–H and O–H groups in total. The lowest BCUT2D eigenvalue weighted by atomic mass is 9.47. The highest BCUT2D eigenvalue weighted by Gasteiger charge is 2.82. The first kappa shape index (κ1) is 32.4. The molecule has 2 aliphatic carbocycles. The Hall–Kier alpha value is -4.02. The summed E-state index contributed by atoms with van der Waals surface area (Å²) < 4.78 is 30.7. The number of ether oxygens (including phenoxy) is 5. The summed E-state index contributed by atoms with van der Waals surface area (Å²) in [6.45, 7) is 9.27. The van der Waals surface area contributed by atoms with E-state index in [4.69, 9.17) is 23.7 Å². The highest BCUT2D eigenvalue weighted by molar-refractivity contribution is 5.89. The van der Waals surface area contributed by atoms with Crippen molar-refractivity contribution in [3.63, 3.8) is 0 Å². The van der Waals surface area contributed by atoms with Gasteiger partial charge in [-0.1, -0.05) is 48.5 Å². The third kappa shape index (κ3) is 5.55. The fourth-order valence-electron chi connectivity index (χ4n) is 7.65. The molecule has 2 aromatic rings. The van der Waals surface area contributed by atoms with E-state index < -0.39 is 70.5 Å². The normalized spacial score (nSPS) is 34.8. The lowest BCUT2D eigenvalue weighted by Gasteiger charge is -2.65. The molecule has 0 aromatic heterocycles. The Balaban J connectivity index is 1.67. The minimum atomic E-state index is -2.00. The zero-order valence-corrected chi connectivity index (χ0v) is 26.4. The van der Waals surface area contributed by atoms with Crippen molar-refractivity contribution in [2.45, 2.75) is 95.6 Å². The van der Waals surface area contributed by atoms with Crippen LogP contribution in [0.2, 0.25) is 0 Å². The molecule has 45 heavy (non-hydrogen) atoms. The second-order valence-electron chi connectivity index (χ2n) is 13.1. The van der Waals surface area contributed by atoms with Crippen molar-refractivity contribution in [3.05, 3.63) is 77.9 Å². The molecule has 2 aromatic carbocycles. The van der Waals surface area contributed by atoms with Crippen LogP contribution in [0.25, 0.3) is 6.08 Å². The minimum Gasteiger partial charge on any atom is -0.458 e. The van der Waals surface area contributed by atoms with Crippen LogP contribution in [-0.4, -0.2) is 70.2 Å². The smallest absolute Gasteiger partial charge is 0.338 e. The second-order valence-corrected chi connectivity index (χ2v) is 13.1. The SMILES string of the molecule is CC(=O)OC1C(OC(C)=O)C(C)(O)C23CC(CC(OC(=O)C=Cc4ccccc4)C2(C)C1OC(=O)c1ccccc1)C(C)(C)O3. The molecule has 1 spiro atoms. The summed E-state index contributed by atoms with van der Waals surface area (Å²) in [5.74, 6) is -3.11. The minimum absolute atomic E-state index is 0.207. The predicted octanol–water partition coefficient (Wildman–Crippen LogP) is 4.43. The van der Waals surface area contributed by atoms with Gasteiger partial charge in [0.2, 0.25) is 0 Å². The average Bonchev–Trinajstić information content (AvgIpc) is 3.23. The number of carbonyl (C=O) groups is 4. The van der Waals surface area contributed by atoms with Gasteiger partial charge >= 0.3 is 23.9 Å². The number of carbonyl (C=O) groups excluding carboxylic acids is 4. The second kappa shape index (κ2) is 11.7. The van der Waals surface area contributed by atoms with Crippen molar-refractivity contribution in [1.29, 1.82) is 0 Å². The number of benzene rings is 2. The van der Waals surface area contributed by atoms with Crippen LogP contribution in [0, 0.1) is 11.3 Å². The predicted molar refractivity (Wildman–Crippen MR) is 161 cm³/mol. The van der Waals surface area contributed by atoms with Gasteiger partial charge in [0, 0.05) is 19.9 Å². The van der Waals surface area contributed by atoms with E-state index in [1.165, 1.54) is 26.8 Å². The third-order valence-corrected chi connectivity index (χ3v) is 9.86. The van der Waals surface area contributed by atoms with Gasteiger partial charge in [0.15, 0.2) is 18.3 Å². The van der Waals surface area contributed by atoms with Crippen LogP contribution in [0.4, 0.5) is 0 Å². The molecule has 1 heterocycles. The Morgan fingerprint density at radius 2 is 1.42 bits per heavy atom. The summed E-state index contributed by atoms with van der Waals surface area (Å²) in [6, 6.07) is 17.5. The molecule has 1 saturated heterocycles. The Kier molecular flexibility index (Phi) is 8.44. The number of hydrogen-bond acceptors (Lipinski definition) is 10. The molecule has 0 amide bonds.